The number of nitrogens with zero attached hydrogens (tertiary/aromatic N) is 3. The van der Waals surface area contributed by atoms with E-state index in [1.54, 1.807) is 12.1 Å². The fourth-order valence-corrected chi connectivity index (χ4v) is 2.68. The van der Waals surface area contributed by atoms with Gasteiger partial charge in [0.05, 0.1) is 4.92 Å². The lowest BCUT2D eigenvalue weighted by Gasteiger charge is -2.11. The van der Waals surface area contributed by atoms with Crippen LogP contribution in [0.4, 0.5) is 28.7 Å². The van der Waals surface area contributed by atoms with E-state index in [4.69, 9.17) is 11.6 Å². The largest absolute Gasteiger partial charge is 0.353 e. The van der Waals surface area contributed by atoms with E-state index in [0.29, 0.717) is 16.4 Å². The summed E-state index contributed by atoms with van der Waals surface area (Å²) >= 11 is 6.13. The number of nitro groups is 1. The molecule has 0 unspecified atom stereocenters. The van der Waals surface area contributed by atoms with Gasteiger partial charge >= 0.3 is 5.69 Å². The molecule has 0 saturated carbocycles. The maximum absolute atomic E-state index is 11.7. The number of rotatable bonds is 5. The molecule has 0 radical (unpaired) electrons. The fraction of sp³-hybridized carbons (Fsp3) is 0.158. The highest BCUT2D eigenvalue weighted by Gasteiger charge is 2.23. The Hall–Kier alpha value is -3.19. The van der Waals surface area contributed by atoms with Crippen LogP contribution in [-0.2, 0) is 0 Å². The number of anilines is 4. The molecule has 1 heterocycles. The monoisotopic (exact) mass is 383 g/mol. The van der Waals surface area contributed by atoms with E-state index < -0.39 is 4.92 Å². The minimum Gasteiger partial charge on any atom is -0.334 e. The molecule has 0 fully saturated rings. The van der Waals surface area contributed by atoms with Gasteiger partial charge in [-0.05, 0) is 61.7 Å². The van der Waals surface area contributed by atoms with Crippen molar-refractivity contribution in [3.05, 3.63) is 74.6 Å². The third-order valence-corrected chi connectivity index (χ3v) is 4.62. The summed E-state index contributed by atoms with van der Waals surface area (Å²) in [4.78, 5) is 19.3. The highest BCUT2D eigenvalue weighted by atomic mass is 35.5. The molecule has 138 valence electrons. The van der Waals surface area contributed by atoms with E-state index in [0.717, 1.165) is 16.7 Å². The SMILES string of the molecule is Cc1ccc(Nc2ncnc(Nc3ccc(C)c(Cl)c3)c2[N+](=O)[O-])cc1C. The zero-order valence-corrected chi connectivity index (χ0v) is 15.8. The Kier molecular flexibility index (Phi) is 5.23. The van der Waals surface area contributed by atoms with Crippen molar-refractivity contribution in [2.75, 3.05) is 10.6 Å². The molecule has 1 aromatic heterocycles. The summed E-state index contributed by atoms with van der Waals surface area (Å²) in [5.74, 6) is 0.195. The van der Waals surface area contributed by atoms with Crippen LogP contribution in [0.25, 0.3) is 0 Å². The zero-order chi connectivity index (χ0) is 19.6. The minimum absolute atomic E-state index is 0.0845. The summed E-state index contributed by atoms with van der Waals surface area (Å²) in [6.45, 7) is 5.86. The molecule has 0 saturated heterocycles. The van der Waals surface area contributed by atoms with Crippen LogP contribution in [0.5, 0.6) is 0 Å². The quantitative estimate of drug-likeness (QED) is 0.449. The zero-order valence-electron chi connectivity index (χ0n) is 15.1. The van der Waals surface area contributed by atoms with Gasteiger partial charge in [-0.15, -0.1) is 0 Å². The van der Waals surface area contributed by atoms with Gasteiger partial charge in [-0.2, -0.15) is 0 Å². The first kappa shape index (κ1) is 18.6. The van der Waals surface area contributed by atoms with Gasteiger partial charge in [-0.1, -0.05) is 23.7 Å². The number of hydrogen-bond donors (Lipinski definition) is 2. The predicted molar refractivity (Wildman–Crippen MR) is 107 cm³/mol. The molecule has 3 aromatic rings. The maximum Gasteiger partial charge on any atom is 0.353 e. The number of halogens is 1. The number of aromatic nitrogens is 2. The minimum atomic E-state index is -0.512. The number of aryl methyl sites for hydroxylation is 3. The molecule has 0 aliphatic carbocycles. The first-order valence-electron chi connectivity index (χ1n) is 8.22. The van der Waals surface area contributed by atoms with E-state index in [2.05, 4.69) is 20.6 Å². The molecule has 0 bridgehead atoms. The van der Waals surface area contributed by atoms with E-state index >= 15 is 0 Å². The highest BCUT2D eigenvalue weighted by Crippen LogP contribution is 2.34. The van der Waals surface area contributed by atoms with Gasteiger partial charge in [0.2, 0.25) is 11.6 Å². The van der Waals surface area contributed by atoms with Crippen LogP contribution < -0.4 is 10.6 Å². The normalized spacial score (nSPS) is 10.5. The average Bonchev–Trinajstić information content (AvgIpc) is 2.61. The maximum atomic E-state index is 11.7. The van der Waals surface area contributed by atoms with Crippen LogP contribution in [0, 0.1) is 30.9 Å². The second-order valence-electron chi connectivity index (χ2n) is 6.19. The fourth-order valence-electron chi connectivity index (χ4n) is 2.50. The van der Waals surface area contributed by atoms with Crippen molar-refractivity contribution < 1.29 is 4.92 Å². The first-order chi connectivity index (χ1) is 12.8. The van der Waals surface area contributed by atoms with Crippen LogP contribution >= 0.6 is 11.6 Å². The Morgan fingerprint density at radius 1 is 0.889 bits per heavy atom. The summed E-state index contributed by atoms with van der Waals surface area (Å²) in [6, 6.07) is 11.0. The Bertz CT molecular complexity index is 951. The Balaban J connectivity index is 1.97. The molecule has 0 atom stereocenters. The molecular formula is C19H18ClN5O2. The van der Waals surface area contributed by atoms with Crippen molar-refractivity contribution in [2.24, 2.45) is 0 Å². The number of nitrogens with one attached hydrogen (secondary N) is 2. The van der Waals surface area contributed by atoms with Crippen LogP contribution in [0.1, 0.15) is 16.7 Å². The Morgan fingerprint density at radius 2 is 1.44 bits per heavy atom. The van der Waals surface area contributed by atoms with Gasteiger partial charge in [-0.3, -0.25) is 10.1 Å². The van der Waals surface area contributed by atoms with Crippen molar-refractivity contribution in [1.82, 2.24) is 9.97 Å². The highest BCUT2D eigenvalue weighted by molar-refractivity contribution is 6.31. The Labute approximate surface area is 161 Å². The second kappa shape index (κ2) is 7.59. The third-order valence-electron chi connectivity index (χ3n) is 4.21. The van der Waals surface area contributed by atoms with Crippen molar-refractivity contribution >= 4 is 40.3 Å². The molecular weight excluding hydrogens is 366 g/mol. The lowest BCUT2D eigenvalue weighted by molar-refractivity contribution is -0.383. The van der Waals surface area contributed by atoms with Gasteiger partial charge in [-0.25, -0.2) is 9.97 Å². The van der Waals surface area contributed by atoms with Crippen LogP contribution in [0.15, 0.2) is 42.7 Å². The summed E-state index contributed by atoms with van der Waals surface area (Å²) < 4.78 is 0. The van der Waals surface area contributed by atoms with Crippen LogP contribution in [0.2, 0.25) is 5.02 Å². The lowest BCUT2D eigenvalue weighted by atomic mass is 10.1. The van der Waals surface area contributed by atoms with Crippen LogP contribution in [0.3, 0.4) is 0 Å². The molecule has 27 heavy (non-hydrogen) atoms. The summed E-state index contributed by atoms with van der Waals surface area (Å²) in [6.07, 6.45) is 1.27. The third kappa shape index (κ3) is 4.15. The summed E-state index contributed by atoms with van der Waals surface area (Å²) in [5.41, 5.74) is 4.19. The van der Waals surface area contributed by atoms with Gasteiger partial charge in [0.15, 0.2) is 0 Å². The molecule has 0 spiro atoms. The van der Waals surface area contributed by atoms with E-state index in [1.165, 1.54) is 6.33 Å². The number of hydrogen-bond acceptors (Lipinski definition) is 6. The first-order valence-corrected chi connectivity index (χ1v) is 8.60. The molecule has 0 amide bonds. The van der Waals surface area contributed by atoms with Crippen molar-refractivity contribution in [2.45, 2.75) is 20.8 Å². The van der Waals surface area contributed by atoms with Gasteiger partial charge in [0.25, 0.3) is 0 Å². The van der Waals surface area contributed by atoms with E-state index in [-0.39, 0.29) is 17.3 Å². The Morgan fingerprint density at radius 3 is 1.96 bits per heavy atom. The molecule has 0 aliphatic rings. The van der Waals surface area contributed by atoms with E-state index in [9.17, 15) is 10.1 Å². The topological polar surface area (TPSA) is 93.0 Å². The predicted octanol–water partition coefficient (Wildman–Crippen LogP) is 5.45. The molecule has 8 heteroatoms. The molecule has 3 rings (SSSR count). The van der Waals surface area contributed by atoms with Crippen molar-refractivity contribution in [3.63, 3.8) is 0 Å². The second-order valence-corrected chi connectivity index (χ2v) is 6.60. The molecule has 2 N–H and O–H groups in total. The van der Waals surface area contributed by atoms with Gasteiger partial charge in [0.1, 0.15) is 6.33 Å². The molecule has 2 aromatic carbocycles. The summed E-state index contributed by atoms with van der Waals surface area (Å²) in [7, 11) is 0. The van der Waals surface area contributed by atoms with Crippen molar-refractivity contribution in [1.29, 1.82) is 0 Å². The molecule has 0 aliphatic heterocycles. The van der Waals surface area contributed by atoms with Crippen molar-refractivity contribution in [3.8, 4) is 0 Å². The van der Waals surface area contributed by atoms with Crippen LogP contribution in [-0.4, -0.2) is 14.9 Å². The standard InChI is InChI=1S/C19H18ClN5O2/c1-11-4-6-14(8-13(11)3)23-18-17(25(26)27)19(22-10-21-18)24-15-7-5-12(2)16(20)9-15/h4-10H,1-3H3,(H2,21,22,23,24). The number of benzene rings is 2. The van der Waals surface area contributed by atoms with E-state index in [1.807, 2.05) is 45.0 Å². The summed E-state index contributed by atoms with van der Waals surface area (Å²) in [5, 5.41) is 18.2. The molecule has 7 nitrogen and oxygen atoms in total. The van der Waals surface area contributed by atoms with Gasteiger partial charge in [0, 0.05) is 16.4 Å². The average molecular weight is 384 g/mol. The smallest absolute Gasteiger partial charge is 0.334 e. The van der Waals surface area contributed by atoms with Gasteiger partial charge < -0.3 is 10.6 Å². The lowest BCUT2D eigenvalue weighted by Crippen LogP contribution is -2.05.